The molecule has 0 fully saturated rings. The van der Waals surface area contributed by atoms with E-state index in [4.69, 9.17) is 4.74 Å². The maximum Gasteiger partial charge on any atom is 0.312 e. The van der Waals surface area contributed by atoms with Crippen LogP contribution in [-0.4, -0.2) is 13.1 Å². The van der Waals surface area contributed by atoms with Gasteiger partial charge in [-0.15, -0.1) is 0 Å². The number of methoxy groups -OCH3 is 1. The van der Waals surface area contributed by atoms with Crippen LogP contribution in [0.1, 0.15) is 25.0 Å². The van der Waals surface area contributed by atoms with Crippen LogP contribution in [-0.2, 0) is 9.53 Å². The maximum absolute atomic E-state index is 12.1. The molecule has 0 N–H and O–H groups in total. The number of allylic oxidation sites excluding steroid dienone is 5. The van der Waals surface area contributed by atoms with E-state index in [-0.39, 0.29) is 11.9 Å². The summed E-state index contributed by atoms with van der Waals surface area (Å²) in [6.45, 7) is 3.84. The van der Waals surface area contributed by atoms with E-state index in [1.807, 2.05) is 26.0 Å². The van der Waals surface area contributed by atoms with Gasteiger partial charge in [0.2, 0.25) is 0 Å². The van der Waals surface area contributed by atoms with Gasteiger partial charge in [0.1, 0.15) is 0 Å². The molecule has 0 saturated carbocycles. The van der Waals surface area contributed by atoms with Crippen molar-refractivity contribution in [2.75, 3.05) is 7.11 Å². The molecule has 0 bridgehead atoms. The van der Waals surface area contributed by atoms with E-state index >= 15 is 0 Å². The topological polar surface area (TPSA) is 26.3 Å². The SMILES string of the molecule is COC(=O)C(C)(C)C1C=CC(=C(c2ccccc2)c2ccccc2)C=C1. The lowest BCUT2D eigenvalue weighted by Gasteiger charge is -2.29. The molecule has 1 aliphatic carbocycles. The van der Waals surface area contributed by atoms with Crippen LogP contribution >= 0.6 is 0 Å². The average molecular weight is 344 g/mol. The molecule has 0 unspecified atom stereocenters. The predicted molar refractivity (Wildman–Crippen MR) is 106 cm³/mol. The fourth-order valence-corrected chi connectivity index (χ4v) is 3.29. The summed E-state index contributed by atoms with van der Waals surface area (Å²) < 4.78 is 4.96. The Kier molecular flexibility index (Phi) is 5.22. The Balaban J connectivity index is 2.03. The number of carbonyl (C=O) groups is 1. The molecule has 0 aromatic heterocycles. The highest BCUT2D eigenvalue weighted by molar-refractivity contribution is 5.85. The van der Waals surface area contributed by atoms with Gasteiger partial charge in [0, 0.05) is 5.92 Å². The van der Waals surface area contributed by atoms with Crippen LogP contribution in [0.3, 0.4) is 0 Å². The minimum Gasteiger partial charge on any atom is -0.469 e. The second-order valence-electron chi connectivity index (χ2n) is 7.02. The normalized spacial score (nSPS) is 16.4. The minimum atomic E-state index is -0.590. The molecule has 0 atom stereocenters. The van der Waals surface area contributed by atoms with E-state index in [1.54, 1.807) is 0 Å². The summed E-state index contributed by atoms with van der Waals surface area (Å²) in [4.78, 5) is 12.1. The monoisotopic (exact) mass is 344 g/mol. The van der Waals surface area contributed by atoms with Gasteiger partial charge in [0.05, 0.1) is 12.5 Å². The van der Waals surface area contributed by atoms with Crippen LogP contribution in [0.15, 0.2) is 90.5 Å². The zero-order chi connectivity index (χ0) is 18.6. The van der Waals surface area contributed by atoms with Gasteiger partial charge in [-0.25, -0.2) is 0 Å². The third-order valence-electron chi connectivity index (χ3n) is 4.92. The molecular weight excluding hydrogens is 320 g/mol. The molecule has 132 valence electrons. The largest absolute Gasteiger partial charge is 0.469 e. The summed E-state index contributed by atoms with van der Waals surface area (Å²) >= 11 is 0. The van der Waals surface area contributed by atoms with Crippen LogP contribution in [0.25, 0.3) is 5.57 Å². The Morgan fingerprint density at radius 2 is 1.31 bits per heavy atom. The van der Waals surface area contributed by atoms with Crippen LogP contribution in [0.5, 0.6) is 0 Å². The smallest absolute Gasteiger partial charge is 0.312 e. The lowest BCUT2D eigenvalue weighted by molar-refractivity contribution is -0.152. The highest BCUT2D eigenvalue weighted by atomic mass is 16.5. The van der Waals surface area contributed by atoms with Crippen molar-refractivity contribution in [2.45, 2.75) is 13.8 Å². The van der Waals surface area contributed by atoms with Crippen LogP contribution in [0, 0.1) is 11.3 Å². The van der Waals surface area contributed by atoms with Gasteiger partial charge in [-0.3, -0.25) is 4.79 Å². The van der Waals surface area contributed by atoms with Gasteiger partial charge >= 0.3 is 5.97 Å². The van der Waals surface area contributed by atoms with E-state index in [9.17, 15) is 4.79 Å². The Morgan fingerprint density at radius 3 is 1.73 bits per heavy atom. The molecule has 2 aromatic carbocycles. The quantitative estimate of drug-likeness (QED) is 0.691. The van der Waals surface area contributed by atoms with Gasteiger partial charge in [0.15, 0.2) is 0 Å². The number of carbonyl (C=O) groups excluding carboxylic acids is 1. The highest BCUT2D eigenvalue weighted by Gasteiger charge is 2.35. The molecule has 0 saturated heterocycles. The molecule has 2 aromatic rings. The van der Waals surface area contributed by atoms with Crippen molar-refractivity contribution in [1.82, 2.24) is 0 Å². The van der Waals surface area contributed by atoms with Crippen molar-refractivity contribution in [1.29, 1.82) is 0 Å². The molecule has 2 heteroatoms. The summed E-state index contributed by atoms with van der Waals surface area (Å²) in [6, 6.07) is 20.8. The number of benzene rings is 2. The molecule has 0 heterocycles. The van der Waals surface area contributed by atoms with Gasteiger partial charge < -0.3 is 4.74 Å². The summed E-state index contributed by atoms with van der Waals surface area (Å²) in [5.74, 6) is -0.193. The van der Waals surface area contributed by atoms with Crippen LogP contribution in [0.4, 0.5) is 0 Å². The third-order valence-corrected chi connectivity index (χ3v) is 4.92. The Hall–Kier alpha value is -2.87. The first-order chi connectivity index (χ1) is 12.5. The van der Waals surface area contributed by atoms with Crippen molar-refractivity contribution >= 4 is 11.5 Å². The molecule has 2 nitrogen and oxygen atoms in total. The van der Waals surface area contributed by atoms with Crippen molar-refractivity contribution in [2.24, 2.45) is 11.3 Å². The molecule has 0 radical (unpaired) electrons. The average Bonchev–Trinajstić information content (AvgIpc) is 2.69. The second-order valence-corrected chi connectivity index (χ2v) is 7.02. The lowest BCUT2D eigenvalue weighted by atomic mass is 9.76. The number of rotatable bonds is 4. The minimum absolute atomic E-state index is 0.00602. The Bertz CT molecular complexity index is 798. The van der Waals surface area contributed by atoms with Gasteiger partial charge in [-0.1, -0.05) is 85.0 Å². The number of hydrogen-bond acceptors (Lipinski definition) is 2. The van der Waals surface area contributed by atoms with Crippen molar-refractivity contribution in [3.63, 3.8) is 0 Å². The summed E-state index contributed by atoms with van der Waals surface area (Å²) in [5.41, 5.74) is 4.09. The number of ether oxygens (including phenoxy) is 1. The van der Waals surface area contributed by atoms with Gasteiger partial charge in [0.25, 0.3) is 0 Å². The maximum atomic E-state index is 12.1. The summed E-state index contributed by atoms with van der Waals surface area (Å²) in [7, 11) is 1.44. The molecule has 0 amide bonds. The van der Waals surface area contributed by atoms with E-state index in [0.717, 1.165) is 5.57 Å². The Labute approximate surface area is 155 Å². The first kappa shape index (κ1) is 17.9. The van der Waals surface area contributed by atoms with E-state index in [1.165, 1.54) is 23.8 Å². The molecule has 1 aliphatic rings. The van der Waals surface area contributed by atoms with Crippen LogP contribution < -0.4 is 0 Å². The molecular formula is C24H24O2. The van der Waals surface area contributed by atoms with Crippen molar-refractivity contribution in [3.05, 3.63) is 102 Å². The molecule has 26 heavy (non-hydrogen) atoms. The summed E-state index contributed by atoms with van der Waals surface area (Å²) in [6.07, 6.45) is 8.42. The highest BCUT2D eigenvalue weighted by Crippen LogP contribution is 2.36. The Morgan fingerprint density at radius 1 is 0.846 bits per heavy atom. The molecule has 0 aliphatic heterocycles. The van der Waals surface area contributed by atoms with Gasteiger partial charge in [-0.2, -0.15) is 0 Å². The van der Waals surface area contributed by atoms with Crippen LogP contribution in [0.2, 0.25) is 0 Å². The molecule has 0 spiro atoms. The van der Waals surface area contributed by atoms with E-state index in [0.29, 0.717) is 0 Å². The van der Waals surface area contributed by atoms with E-state index < -0.39 is 5.41 Å². The van der Waals surface area contributed by atoms with Crippen molar-refractivity contribution in [3.8, 4) is 0 Å². The van der Waals surface area contributed by atoms with Crippen molar-refractivity contribution < 1.29 is 9.53 Å². The fraction of sp³-hybridized carbons (Fsp3) is 0.208. The summed E-state index contributed by atoms with van der Waals surface area (Å²) in [5, 5.41) is 0. The fourth-order valence-electron chi connectivity index (χ4n) is 3.29. The number of esters is 1. The third kappa shape index (κ3) is 3.55. The zero-order valence-electron chi connectivity index (χ0n) is 15.5. The van der Waals surface area contributed by atoms with Gasteiger partial charge in [-0.05, 0) is 36.1 Å². The second kappa shape index (κ2) is 7.57. The standard InChI is InChI=1S/C24H24O2/c1-24(2,23(25)26-3)21-16-14-20(15-17-21)22(18-10-6-4-7-11-18)19-12-8-5-9-13-19/h4-17,21H,1-3H3. The first-order valence-electron chi connectivity index (χ1n) is 8.84. The first-order valence-corrected chi connectivity index (χ1v) is 8.84. The van der Waals surface area contributed by atoms with E-state index in [2.05, 4.69) is 72.8 Å². The zero-order valence-corrected chi connectivity index (χ0v) is 15.5. The molecule has 3 rings (SSSR count). The predicted octanol–water partition coefficient (Wildman–Crippen LogP) is 5.43. The lowest BCUT2D eigenvalue weighted by Crippen LogP contribution is -2.32. The number of hydrogen-bond donors (Lipinski definition) is 0.